The standard InChI is InChI=1S/C27H28F2N2O3S/c1-18(2)15-30(27(33)19-3-5-20(28)6-4-19)16-26(32)31-13-11-25-23(12-14-35-25)24(31)17-34-22-9-7-21(29)8-10-22/h3-10,12,14,18,24H,11,13,15-17H2,1-2H3/t24-/m1/s1. The molecule has 35 heavy (non-hydrogen) atoms. The van der Waals surface area contributed by atoms with E-state index >= 15 is 0 Å². The molecule has 0 radical (unpaired) electrons. The van der Waals surface area contributed by atoms with E-state index in [2.05, 4.69) is 0 Å². The number of hydrogen-bond acceptors (Lipinski definition) is 4. The molecule has 1 atom stereocenters. The molecule has 1 aliphatic heterocycles. The third kappa shape index (κ3) is 6.06. The lowest BCUT2D eigenvalue weighted by atomic mass is 10.00. The summed E-state index contributed by atoms with van der Waals surface area (Å²) in [6.45, 7) is 5.01. The number of thiophene rings is 1. The predicted molar refractivity (Wildman–Crippen MR) is 132 cm³/mol. The van der Waals surface area contributed by atoms with Crippen molar-refractivity contribution in [3.05, 3.63) is 87.6 Å². The Labute approximate surface area is 207 Å². The van der Waals surface area contributed by atoms with Crippen LogP contribution in [0.1, 0.15) is 40.7 Å². The summed E-state index contributed by atoms with van der Waals surface area (Å²) in [6, 6.07) is 12.8. The summed E-state index contributed by atoms with van der Waals surface area (Å²) in [6.07, 6.45) is 0.738. The Hall–Kier alpha value is -3.26. The number of carbonyl (C=O) groups excluding carboxylic acids is 2. The number of halogens is 2. The van der Waals surface area contributed by atoms with E-state index in [-0.39, 0.29) is 42.7 Å². The van der Waals surface area contributed by atoms with Gasteiger partial charge in [0.25, 0.3) is 5.91 Å². The molecule has 0 bridgehead atoms. The predicted octanol–water partition coefficient (Wildman–Crippen LogP) is 5.33. The van der Waals surface area contributed by atoms with Crippen LogP contribution < -0.4 is 4.74 Å². The molecule has 2 aromatic carbocycles. The summed E-state index contributed by atoms with van der Waals surface area (Å²) in [7, 11) is 0. The molecule has 0 saturated heterocycles. The van der Waals surface area contributed by atoms with E-state index in [9.17, 15) is 18.4 Å². The lowest BCUT2D eigenvalue weighted by Gasteiger charge is -2.37. The molecular formula is C27H28F2N2O3S. The smallest absolute Gasteiger partial charge is 0.254 e. The minimum atomic E-state index is -0.420. The van der Waals surface area contributed by atoms with Gasteiger partial charge in [-0.25, -0.2) is 8.78 Å². The minimum absolute atomic E-state index is 0.0824. The summed E-state index contributed by atoms with van der Waals surface area (Å²) in [4.78, 5) is 31.2. The van der Waals surface area contributed by atoms with Gasteiger partial charge in [-0.2, -0.15) is 0 Å². The highest BCUT2D eigenvalue weighted by Gasteiger charge is 2.33. The van der Waals surface area contributed by atoms with Crippen LogP contribution in [0.4, 0.5) is 8.78 Å². The zero-order chi connectivity index (χ0) is 24.9. The van der Waals surface area contributed by atoms with E-state index in [1.54, 1.807) is 28.4 Å². The van der Waals surface area contributed by atoms with Crippen molar-refractivity contribution in [2.45, 2.75) is 26.3 Å². The number of hydrogen-bond donors (Lipinski definition) is 0. The van der Waals surface area contributed by atoms with Crippen LogP contribution in [-0.4, -0.2) is 47.9 Å². The van der Waals surface area contributed by atoms with Crippen molar-refractivity contribution in [2.24, 2.45) is 5.92 Å². The fourth-order valence-corrected chi connectivity index (χ4v) is 5.20. The molecule has 3 aromatic rings. The first kappa shape index (κ1) is 24.9. The summed E-state index contributed by atoms with van der Waals surface area (Å²) in [5.41, 5.74) is 1.38. The lowest BCUT2D eigenvalue weighted by molar-refractivity contribution is -0.135. The maximum absolute atomic E-state index is 13.5. The Morgan fingerprint density at radius 2 is 1.71 bits per heavy atom. The number of nitrogens with zero attached hydrogens (tertiary/aromatic N) is 2. The van der Waals surface area contributed by atoms with Crippen LogP contribution in [0.2, 0.25) is 0 Å². The first-order valence-electron chi connectivity index (χ1n) is 11.6. The van der Waals surface area contributed by atoms with Gasteiger partial charge in [0, 0.05) is 23.5 Å². The molecule has 2 amide bonds. The van der Waals surface area contributed by atoms with Crippen LogP contribution in [0.15, 0.2) is 60.0 Å². The van der Waals surface area contributed by atoms with Crippen LogP contribution >= 0.6 is 11.3 Å². The van der Waals surface area contributed by atoms with Crippen LogP contribution in [-0.2, 0) is 11.2 Å². The van der Waals surface area contributed by atoms with Gasteiger partial charge in [-0.1, -0.05) is 13.8 Å². The highest BCUT2D eigenvalue weighted by atomic mass is 32.1. The van der Waals surface area contributed by atoms with E-state index in [4.69, 9.17) is 4.74 Å². The molecule has 0 unspecified atom stereocenters. The van der Waals surface area contributed by atoms with E-state index in [1.807, 2.05) is 25.3 Å². The van der Waals surface area contributed by atoms with Crippen LogP contribution in [0, 0.1) is 17.6 Å². The number of fused-ring (bicyclic) bond motifs is 1. The van der Waals surface area contributed by atoms with Gasteiger partial charge >= 0.3 is 0 Å². The molecule has 184 valence electrons. The lowest BCUT2D eigenvalue weighted by Crippen LogP contribution is -2.48. The van der Waals surface area contributed by atoms with Crippen molar-refractivity contribution in [1.82, 2.24) is 9.80 Å². The van der Waals surface area contributed by atoms with Crippen LogP contribution in [0.5, 0.6) is 5.75 Å². The van der Waals surface area contributed by atoms with Gasteiger partial charge in [-0.05, 0) is 77.9 Å². The Morgan fingerprint density at radius 3 is 2.37 bits per heavy atom. The summed E-state index contributed by atoms with van der Waals surface area (Å²) < 4.78 is 32.6. The third-order valence-corrected chi connectivity index (χ3v) is 6.92. The van der Waals surface area contributed by atoms with Gasteiger partial charge in [0.1, 0.15) is 30.5 Å². The van der Waals surface area contributed by atoms with Gasteiger partial charge < -0.3 is 14.5 Å². The van der Waals surface area contributed by atoms with E-state index in [0.29, 0.717) is 24.4 Å². The number of ether oxygens (including phenoxy) is 1. The fourth-order valence-electron chi connectivity index (χ4n) is 4.27. The molecule has 2 heterocycles. The van der Waals surface area contributed by atoms with Crippen molar-refractivity contribution >= 4 is 23.2 Å². The highest BCUT2D eigenvalue weighted by molar-refractivity contribution is 7.10. The second-order valence-corrected chi connectivity index (χ2v) is 10.0. The second-order valence-electron chi connectivity index (χ2n) is 9.00. The Morgan fingerprint density at radius 1 is 1.06 bits per heavy atom. The molecule has 0 fully saturated rings. The maximum Gasteiger partial charge on any atom is 0.254 e. The summed E-state index contributed by atoms with van der Waals surface area (Å²) in [5, 5.41) is 2.01. The molecule has 0 aliphatic carbocycles. The molecule has 4 rings (SSSR count). The molecule has 1 aliphatic rings. The van der Waals surface area contributed by atoms with Gasteiger partial charge in [0.15, 0.2) is 0 Å². The molecule has 0 saturated carbocycles. The first-order valence-corrected chi connectivity index (χ1v) is 12.5. The Bertz CT molecular complexity index is 1160. The van der Waals surface area contributed by atoms with E-state index < -0.39 is 5.82 Å². The molecule has 8 heteroatoms. The zero-order valence-electron chi connectivity index (χ0n) is 19.7. The summed E-state index contributed by atoms with van der Waals surface area (Å²) >= 11 is 1.65. The molecular weight excluding hydrogens is 470 g/mol. The third-order valence-electron chi connectivity index (χ3n) is 5.93. The molecule has 1 aromatic heterocycles. The van der Waals surface area contributed by atoms with Crippen molar-refractivity contribution < 1.29 is 23.1 Å². The monoisotopic (exact) mass is 498 g/mol. The number of amides is 2. The normalized spacial score (nSPS) is 15.1. The highest BCUT2D eigenvalue weighted by Crippen LogP contribution is 2.34. The average Bonchev–Trinajstić information content (AvgIpc) is 3.32. The molecule has 0 spiro atoms. The fraction of sp³-hybridized carbons (Fsp3) is 0.333. The maximum atomic E-state index is 13.5. The van der Waals surface area contributed by atoms with Gasteiger partial charge in [0.2, 0.25) is 5.91 Å². The minimum Gasteiger partial charge on any atom is -0.491 e. The second kappa shape index (κ2) is 11.0. The summed E-state index contributed by atoms with van der Waals surface area (Å²) in [5.74, 6) is -0.575. The zero-order valence-corrected chi connectivity index (χ0v) is 20.6. The molecule has 0 N–H and O–H groups in total. The van der Waals surface area contributed by atoms with Crippen molar-refractivity contribution in [2.75, 3.05) is 26.2 Å². The van der Waals surface area contributed by atoms with Crippen LogP contribution in [0.3, 0.4) is 0 Å². The topological polar surface area (TPSA) is 49.9 Å². The quantitative estimate of drug-likeness (QED) is 0.422. The van der Waals surface area contributed by atoms with Crippen molar-refractivity contribution in [1.29, 1.82) is 0 Å². The average molecular weight is 499 g/mol. The number of benzene rings is 2. The van der Waals surface area contributed by atoms with Crippen LogP contribution in [0.25, 0.3) is 0 Å². The number of carbonyl (C=O) groups is 2. The van der Waals surface area contributed by atoms with E-state index in [0.717, 1.165) is 12.0 Å². The van der Waals surface area contributed by atoms with Gasteiger partial charge in [-0.15, -0.1) is 11.3 Å². The first-order chi connectivity index (χ1) is 16.8. The van der Waals surface area contributed by atoms with Crippen molar-refractivity contribution in [3.8, 4) is 5.75 Å². The Kier molecular flexibility index (Phi) is 7.80. The number of rotatable bonds is 8. The SMILES string of the molecule is CC(C)CN(CC(=O)N1CCc2sccc2[C@H]1COc1ccc(F)cc1)C(=O)c1ccc(F)cc1. The van der Waals surface area contributed by atoms with E-state index in [1.165, 1.54) is 46.2 Å². The van der Waals surface area contributed by atoms with Gasteiger partial charge in [0.05, 0.1) is 6.04 Å². The molecule has 5 nitrogen and oxygen atoms in total. The Balaban J connectivity index is 1.52. The van der Waals surface area contributed by atoms with Gasteiger partial charge in [-0.3, -0.25) is 9.59 Å². The van der Waals surface area contributed by atoms with Crippen molar-refractivity contribution in [3.63, 3.8) is 0 Å². The largest absolute Gasteiger partial charge is 0.491 e.